The normalized spacial score (nSPS) is 11.8. The fraction of sp³-hybridized carbons (Fsp3) is 0.455. The van der Waals surface area contributed by atoms with Crippen LogP contribution in [0.1, 0.15) is 26.7 Å². The molecule has 0 aliphatic heterocycles. The highest BCUT2D eigenvalue weighted by atomic mass is 19.1. The quantitative estimate of drug-likeness (QED) is 0.544. The van der Waals surface area contributed by atoms with Gasteiger partial charge in [-0.2, -0.15) is 0 Å². The molecule has 0 unspecified atom stereocenters. The summed E-state index contributed by atoms with van der Waals surface area (Å²) >= 11 is 0. The van der Waals surface area contributed by atoms with Crippen molar-refractivity contribution in [3.05, 3.63) is 36.7 Å². The van der Waals surface area contributed by atoms with Gasteiger partial charge in [0.1, 0.15) is 5.83 Å². The average molecular weight is 168 g/mol. The van der Waals surface area contributed by atoms with Crippen LogP contribution in [0, 0.1) is 5.92 Å². The minimum Gasteiger partial charge on any atom is -0.207 e. The molecule has 0 rings (SSSR count). The second kappa shape index (κ2) is 5.76. The van der Waals surface area contributed by atoms with Crippen LogP contribution in [0.4, 0.5) is 4.39 Å². The fourth-order valence-corrected chi connectivity index (χ4v) is 0.896. The number of hydrogen-bond donors (Lipinski definition) is 0. The van der Waals surface area contributed by atoms with Gasteiger partial charge in [0.2, 0.25) is 0 Å². The van der Waals surface area contributed by atoms with Gasteiger partial charge >= 0.3 is 0 Å². The van der Waals surface area contributed by atoms with Crippen LogP contribution in [0.3, 0.4) is 0 Å². The molecule has 0 heterocycles. The van der Waals surface area contributed by atoms with E-state index in [1.165, 1.54) is 0 Å². The van der Waals surface area contributed by atoms with Crippen molar-refractivity contribution >= 4 is 0 Å². The van der Waals surface area contributed by atoms with Gasteiger partial charge in [-0.3, -0.25) is 0 Å². The number of hydrogen-bond acceptors (Lipinski definition) is 0. The third-order valence-electron chi connectivity index (χ3n) is 1.66. The Morgan fingerprint density at radius 2 is 2.08 bits per heavy atom. The largest absolute Gasteiger partial charge is 0.207 e. The molecule has 12 heavy (non-hydrogen) atoms. The van der Waals surface area contributed by atoms with Gasteiger partial charge in [0, 0.05) is 0 Å². The lowest BCUT2D eigenvalue weighted by atomic mass is 10.0. The van der Waals surface area contributed by atoms with E-state index in [9.17, 15) is 4.39 Å². The minimum atomic E-state index is -0.337. The number of halogens is 1. The highest BCUT2D eigenvalue weighted by Crippen LogP contribution is 2.18. The maximum absolute atomic E-state index is 12.7. The second-order valence-corrected chi connectivity index (χ2v) is 3.27. The van der Waals surface area contributed by atoms with Crippen molar-refractivity contribution < 1.29 is 4.39 Å². The molecule has 1 heteroatoms. The predicted molar refractivity (Wildman–Crippen MR) is 52.6 cm³/mol. The van der Waals surface area contributed by atoms with Crippen molar-refractivity contribution in [2.45, 2.75) is 26.7 Å². The molecule has 0 aromatic rings. The molecule has 0 aliphatic carbocycles. The van der Waals surface area contributed by atoms with E-state index in [2.05, 4.69) is 27.0 Å². The van der Waals surface area contributed by atoms with E-state index in [1.54, 1.807) is 12.2 Å². The summed E-state index contributed by atoms with van der Waals surface area (Å²) in [5, 5.41) is 0. The van der Waals surface area contributed by atoms with Crippen molar-refractivity contribution in [3.8, 4) is 0 Å². The molecular formula is C11H17F. The van der Waals surface area contributed by atoms with Crippen LogP contribution < -0.4 is 0 Å². The summed E-state index contributed by atoms with van der Waals surface area (Å²) in [7, 11) is 0. The highest BCUT2D eigenvalue weighted by molar-refractivity contribution is 5.25. The lowest BCUT2D eigenvalue weighted by Gasteiger charge is -2.05. The first-order valence-corrected chi connectivity index (χ1v) is 4.24. The summed E-state index contributed by atoms with van der Waals surface area (Å²) in [6.07, 6.45) is 5.02. The Hall–Kier alpha value is -0.850. The standard InChI is InChI=1S/C11H17F/c1-5-6-11(10(4)12)8-7-9(2)3/h5-6,9H,1,4,7-8H2,2-3H3/b11-6-. The van der Waals surface area contributed by atoms with Gasteiger partial charge in [0.25, 0.3) is 0 Å². The SMILES string of the molecule is C=C/C=C(/CCC(C)C)C(=C)F. The zero-order valence-corrected chi connectivity index (χ0v) is 7.94. The summed E-state index contributed by atoms with van der Waals surface area (Å²) in [6, 6.07) is 0. The Morgan fingerprint density at radius 3 is 2.42 bits per heavy atom. The Morgan fingerprint density at radius 1 is 1.50 bits per heavy atom. The molecule has 0 amide bonds. The Kier molecular flexibility index (Phi) is 5.35. The molecule has 0 aliphatic rings. The van der Waals surface area contributed by atoms with Crippen LogP contribution in [0.25, 0.3) is 0 Å². The van der Waals surface area contributed by atoms with Crippen LogP contribution in [-0.2, 0) is 0 Å². The van der Waals surface area contributed by atoms with Gasteiger partial charge in [0.05, 0.1) is 0 Å². The van der Waals surface area contributed by atoms with Crippen LogP contribution in [0.15, 0.2) is 36.7 Å². The highest BCUT2D eigenvalue weighted by Gasteiger charge is 2.02. The zero-order valence-electron chi connectivity index (χ0n) is 7.94. The molecule has 0 radical (unpaired) electrons. The number of rotatable bonds is 5. The number of allylic oxidation sites excluding steroid dienone is 4. The van der Waals surface area contributed by atoms with Crippen molar-refractivity contribution in [1.29, 1.82) is 0 Å². The third-order valence-corrected chi connectivity index (χ3v) is 1.66. The van der Waals surface area contributed by atoms with Gasteiger partial charge in [-0.25, -0.2) is 4.39 Å². The smallest absolute Gasteiger partial charge is 0.119 e. The van der Waals surface area contributed by atoms with E-state index >= 15 is 0 Å². The van der Waals surface area contributed by atoms with Gasteiger partial charge in [-0.05, 0) is 24.3 Å². The Balaban J connectivity index is 4.06. The summed E-state index contributed by atoms with van der Waals surface area (Å²) in [5.74, 6) is 0.258. The predicted octanol–water partition coefficient (Wildman–Crippen LogP) is 4.02. The maximum Gasteiger partial charge on any atom is 0.119 e. The van der Waals surface area contributed by atoms with E-state index in [-0.39, 0.29) is 5.83 Å². The first kappa shape index (κ1) is 11.2. The molecule has 0 atom stereocenters. The van der Waals surface area contributed by atoms with Gasteiger partial charge in [0.15, 0.2) is 0 Å². The van der Waals surface area contributed by atoms with E-state index in [0.29, 0.717) is 11.5 Å². The van der Waals surface area contributed by atoms with E-state index in [4.69, 9.17) is 0 Å². The Labute approximate surface area is 74.5 Å². The van der Waals surface area contributed by atoms with Crippen LogP contribution in [0.5, 0.6) is 0 Å². The van der Waals surface area contributed by atoms with Crippen LogP contribution >= 0.6 is 0 Å². The molecule has 0 saturated heterocycles. The lowest BCUT2D eigenvalue weighted by Crippen LogP contribution is -1.90. The topological polar surface area (TPSA) is 0 Å². The van der Waals surface area contributed by atoms with Gasteiger partial charge < -0.3 is 0 Å². The third kappa shape index (κ3) is 4.89. The summed E-state index contributed by atoms with van der Waals surface area (Å²) in [6.45, 7) is 11.0. The molecule has 68 valence electrons. The molecule has 0 fully saturated rings. The summed E-state index contributed by atoms with van der Waals surface area (Å²) in [4.78, 5) is 0. The fourth-order valence-electron chi connectivity index (χ4n) is 0.896. The minimum absolute atomic E-state index is 0.337. The van der Waals surface area contributed by atoms with Crippen LogP contribution in [0.2, 0.25) is 0 Å². The maximum atomic E-state index is 12.7. The second-order valence-electron chi connectivity index (χ2n) is 3.27. The molecule has 0 nitrogen and oxygen atoms in total. The van der Waals surface area contributed by atoms with E-state index < -0.39 is 0 Å². The molecule has 0 aromatic heterocycles. The molecule has 0 bridgehead atoms. The molecule has 0 aromatic carbocycles. The summed E-state index contributed by atoms with van der Waals surface area (Å²) < 4.78 is 12.7. The first-order valence-electron chi connectivity index (χ1n) is 4.24. The van der Waals surface area contributed by atoms with Crippen molar-refractivity contribution in [3.63, 3.8) is 0 Å². The Bertz CT molecular complexity index is 187. The average Bonchev–Trinajstić information content (AvgIpc) is 1.96. The molecule has 0 spiro atoms. The first-order chi connectivity index (χ1) is 5.57. The monoisotopic (exact) mass is 168 g/mol. The van der Waals surface area contributed by atoms with Gasteiger partial charge in [-0.1, -0.05) is 39.2 Å². The molecule has 0 saturated carbocycles. The summed E-state index contributed by atoms with van der Waals surface area (Å²) in [5.41, 5.74) is 0.665. The van der Waals surface area contributed by atoms with Crippen molar-refractivity contribution in [2.24, 2.45) is 5.92 Å². The molecule has 0 N–H and O–H groups in total. The lowest BCUT2D eigenvalue weighted by molar-refractivity contribution is 0.566. The zero-order chi connectivity index (χ0) is 9.56. The van der Waals surface area contributed by atoms with Gasteiger partial charge in [-0.15, -0.1) is 0 Å². The van der Waals surface area contributed by atoms with E-state index in [1.807, 2.05) is 0 Å². The van der Waals surface area contributed by atoms with E-state index in [0.717, 1.165) is 12.8 Å². The van der Waals surface area contributed by atoms with Crippen LogP contribution in [-0.4, -0.2) is 0 Å². The van der Waals surface area contributed by atoms with Crippen molar-refractivity contribution in [1.82, 2.24) is 0 Å². The van der Waals surface area contributed by atoms with Crippen molar-refractivity contribution in [2.75, 3.05) is 0 Å². The molecular weight excluding hydrogens is 151 g/mol.